The van der Waals surface area contributed by atoms with E-state index < -0.39 is 12.0 Å². The molecular formula is C14H15ClF2O2. The minimum Gasteiger partial charge on any atom is -0.462 e. The second-order valence-electron chi connectivity index (χ2n) is 4.14. The van der Waals surface area contributed by atoms with Gasteiger partial charge in [0.2, 0.25) is 0 Å². The van der Waals surface area contributed by atoms with Crippen LogP contribution in [0.1, 0.15) is 36.5 Å². The summed E-state index contributed by atoms with van der Waals surface area (Å²) in [6, 6.07) is 6.46. The number of carbonyl (C=O) groups is 1. The van der Waals surface area contributed by atoms with Gasteiger partial charge < -0.3 is 4.74 Å². The molecule has 19 heavy (non-hydrogen) atoms. The van der Waals surface area contributed by atoms with E-state index in [0.717, 1.165) is 0 Å². The van der Waals surface area contributed by atoms with Crippen molar-refractivity contribution < 1.29 is 18.3 Å². The summed E-state index contributed by atoms with van der Waals surface area (Å²) in [4.78, 5) is 11.6. The molecule has 0 saturated carbocycles. The normalized spacial score (nSPS) is 10.1. The molecule has 0 amide bonds. The summed E-state index contributed by atoms with van der Waals surface area (Å²) in [5, 5.41) is 0.466. The van der Waals surface area contributed by atoms with Gasteiger partial charge in [-0.3, -0.25) is 0 Å². The first-order valence-corrected chi connectivity index (χ1v) is 6.32. The number of halogens is 3. The van der Waals surface area contributed by atoms with Crippen LogP contribution >= 0.6 is 11.6 Å². The molecule has 0 bridgehead atoms. The van der Waals surface area contributed by atoms with E-state index in [4.69, 9.17) is 16.3 Å². The van der Waals surface area contributed by atoms with Crippen LogP contribution < -0.4 is 0 Å². The Morgan fingerprint density at radius 3 is 2.68 bits per heavy atom. The smallest absolute Gasteiger partial charge is 0.338 e. The molecule has 0 radical (unpaired) electrons. The molecule has 0 saturated heterocycles. The maximum atomic E-state index is 12.1. The molecule has 5 heteroatoms. The Hall–Kier alpha value is -1.42. The van der Waals surface area contributed by atoms with Crippen molar-refractivity contribution in [1.29, 1.82) is 0 Å². The van der Waals surface area contributed by atoms with Gasteiger partial charge >= 0.3 is 5.97 Å². The Balaban J connectivity index is 2.27. The molecule has 0 atom stereocenters. The highest BCUT2D eigenvalue weighted by Gasteiger charge is 2.07. The van der Waals surface area contributed by atoms with Crippen molar-refractivity contribution in [3.05, 3.63) is 46.5 Å². The third-order valence-corrected chi connectivity index (χ3v) is 2.80. The first-order chi connectivity index (χ1) is 9.00. The number of hydrogen-bond donors (Lipinski definition) is 0. The van der Waals surface area contributed by atoms with Crippen LogP contribution in [0.25, 0.3) is 0 Å². The lowest BCUT2D eigenvalue weighted by Gasteiger charge is -2.05. The molecule has 1 aromatic rings. The van der Waals surface area contributed by atoms with E-state index in [1.165, 1.54) is 13.0 Å². The van der Waals surface area contributed by atoms with Gasteiger partial charge in [0.1, 0.15) is 0 Å². The quantitative estimate of drug-likeness (QED) is 0.553. The molecule has 0 aliphatic heterocycles. The van der Waals surface area contributed by atoms with E-state index in [1.54, 1.807) is 18.2 Å². The summed E-state index contributed by atoms with van der Waals surface area (Å²) in [6.07, 6.45) is -0.198. The van der Waals surface area contributed by atoms with Crippen LogP contribution in [0, 0.1) is 0 Å². The first kappa shape index (κ1) is 15.6. The number of rotatable bonds is 6. The zero-order valence-corrected chi connectivity index (χ0v) is 11.3. The lowest BCUT2D eigenvalue weighted by atomic mass is 10.1. The fraction of sp³-hybridized carbons (Fsp3) is 0.357. The number of esters is 1. The zero-order valence-electron chi connectivity index (χ0n) is 10.6. The molecule has 0 N–H and O–H groups in total. The van der Waals surface area contributed by atoms with Crippen LogP contribution in [0.4, 0.5) is 8.78 Å². The van der Waals surface area contributed by atoms with Gasteiger partial charge in [-0.1, -0.05) is 17.7 Å². The minimum atomic E-state index is -1.63. The molecule has 1 aromatic carbocycles. The molecule has 0 aliphatic carbocycles. The zero-order chi connectivity index (χ0) is 14.3. The second-order valence-corrected chi connectivity index (χ2v) is 4.58. The number of carbonyl (C=O) groups excluding carboxylic acids is 1. The van der Waals surface area contributed by atoms with E-state index in [0.29, 0.717) is 29.8 Å². The Morgan fingerprint density at radius 1 is 1.32 bits per heavy atom. The topological polar surface area (TPSA) is 26.3 Å². The highest BCUT2D eigenvalue weighted by molar-refractivity contribution is 6.30. The largest absolute Gasteiger partial charge is 0.462 e. The number of ether oxygens (including phenoxy) is 1. The van der Waals surface area contributed by atoms with Gasteiger partial charge in [-0.15, -0.1) is 0 Å². The summed E-state index contributed by atoms with van der Waals surface area (Å²) in [5.41, 5.74) is 0.472. The van der Waals surface area contributed by atoms with E-state index in [1.807, 2.05) is 0 Å². The monoisotopic (exact) mass is 288 g/mol. The highest BCUT2D eigenvalue weighted by Crippen LogP contribution is 2.15. The Morgan fingerprint density at radius 2 is 2.05 bits per heavy atom. The maximum Gasteiger partial charge on any atom is 0.338 e. The van der Waals surface area contributed by atoms with Crippen molar-refractivity contribution in [2.75, 3.05) is 6.61 Å². The number of benzene rings is 1. The average Bonchev–Trinajstić information content (AvgIpc) is 2.37. The van der Waals surface area contributed by atoms with Crippen LogP contribution in [-0.4, -0.2) is 12.6 Å². The van der Waals surface area contributed by atoms with Crippen LogP contribution in [0.2, 0.25) is 5.02 Å². The lowest BCUT2D eigenvalue weighted by molar-refractivity contribution is 0.0498. The van der Waals surface area contributed by atoms with Crippen molar-refractivity contribution in [2.45, 2.75) is 26.2 Å². The highest BCUT2D eigenvalue weighted by atomic mass is 35.5. The average molecular weight is 289 g/mol. The summed E-state index contributed by atoms with van der Waals surface area (Å²) in [6.45, 7) is 1.61. The molecule has 0 aliphatic rings. The van der Waals surface area contributed by atoms with Gasteiger partial charge in [-0.05, 0) is 50.0 Å². The number of hydrogen-bond acceptors (Lipinski definition) is 2. The molecule has 1 rings (SSSR count). The first-order valence-electron chi connectivity index (χ1n) is 5.94. The summed E-state index contributed by atoms with van der Waals surface area (Å²) in [7, 11) is 0. The van der Waals surface area contributed by atoms with Crippen molar-refractivity contribution in [3.8, 4) is 0 Å². The van der Waals surface area contributed by atoms with Gasteiger partial charge in [0.05, 0.1) is 12.2 Å². The third kappa shape index (κ3) is 5.83. The second kappa shape index (κ2) is 7.89. The van der Waals surface area contributed by atoms with Crippen molar-refractivity contribution >= 4 is 17.6 Å². The van der Waals surface area contributed by atoms with E-state index in [-0.39, 0.29) is 12.2 Å². The van der Waals surface area contributed by atoms with Crippen molar-refractivity contribution in [1.82, 2.24) is 0 Å². The third-order valence-electron chi connectivity index (χ3n) is 2.56. The van der Waals surface area contributed by atoms with Crippen molar-refractivity contribution in [3.63, 3.8) is 0 Å². The van der Waals surface area contributed by atoms with E-state index >= 15 is 0 Å². The molecule has 0 spiro atoms. The SMILES string of the molecule is CC(CCCCOC(=O)c1cccc(Cl)c1)=C(F)F. The number of allylic oxidation sites excluding steroid dienone is 1. The number of unbranched alkanes of at least 4 members (excludes halogenated alkanes) is 1. The van der Waals surface area contributed by atoms with Crippen LogP contribution in [0.15, 0.2) is 35.9 Å². The Kier molecular flexibility index (Phi) is 6.50. The van der Waals surface area contributed by atoms with Gasteiger partial charge in [-0.2, -0.15) is 8.78 Å². The van der Waals surface area contributed by atoms with Crippen LogP contribution in [-0.2, 0) is 4.74 Å². The minimum absolute atomic E-state index is 0.0844. The van der Waals surface area contributed by atoms with Gasteiger partial charge in [0.15, 0.2) is 0 Å². The van der Waals surface area contributed by atoms with E-state index in [9.17, 15) is 13.6 Å². The van der Waals surface area contributed by atoms with Crippen molar-refractivity contribution in [2.24, 2.45) is 0 Å². The summed E-state index contributed by atoms with van der Waals surface area (Å²) >= 11 is 5.75. The van der Waals surface area contributed by atoms with Gasteiger partial charge in [0.25, 0.3) is 6.08 Å². The lowest BCUT2D eigenvalue weighted by Crippen LogP contribution is -2.06. The Bertz CT molecular complexity index is 468. The Labute approximate surface area is 116 Å². The molecule has 104 valence electrons. The fourth-order valence-corrected chi connectivity index (χ4v) is 1.64. The summed E-state index contributed by atoms with van der Waals surface area (Å²) in [5.74, 6) is -0.452. The molecule has 0 unspecified atom stereocenters. The van der Waals surface area contributed by atoms with Gasteiger partial charge in [-0.25, -0.2) is 4.79 Å². The maximum absolute atomic E-state index is 12.1. The molecule has 0 fully saturated rings. The van der Waals surface area contributed by atoms with Crippen LogP contribution in [0.5, 0.6) is 0 Å². The van der Waals surface area contributed by atoms with Crippen LogP contribution in [0.3, 0.4) is 0 Å². The molecule has 0 heterocycles. The fourth-order valence-electron chi connectivity index (χ4n) is 1.45. The summed E-state index contributed by atoms with van der Waals surface area (Å²) < 4.78 is 29.2. The molecular weight excluding hydrogens is 274 g/mol. The van der Waals surface area contributed by atoms with E-state index in [2.05, 4.69) is 0 Å². The standard InChI is InChI=1S/C14H15ClF2O2/c1-10(13(16)17)5-2-3-8-19-14(18)11-6-4-7-12(15)9-11/h4,6-7,9H,2-3,5,8H2,1H3. The predicted octanol–water partition coefficient (Wildman–Crippen LogP) is 4.84. The predicted molar refractivity (Wildman–Crippen MR) is 70.5 cm³/mol. The van der Waals surface area contributed by atoms with Gasteiger partial charge in [0, 0.05) is 5.02 Å². The molecule has 2 nitrogen and oxygen atoms in total. The molecule has 0 aromatic heterocycles.